The van der Waals surface area contributed by atoms with Gasteiger partial charge in [0.05, 0.1) is 12.2 Å². The van der Waals surface area contributed by atoms with Crippen molar-refractivity contribution in [2.24, 2.45) is 0 Å². The Kier molecular flexibility index (Phi) is 8.10. The molecule has 0 bridgehead atoms. The fourth-order valence-electron chi connectivity index (χ4n) is 3.92. The van der Waals surface area contributed by atoms with Gasteiger partial charge in [-0.05, 0) is 55.5 Å². The summed E-state index contributed by atoms with van der Waals surface area (Å²) in [7, 11) is 0. The van der Waals surface area contributed by atoms with Crippen molar-refractivity contribution in [3.63, 3.8) is 0 Å². The van der Waals surface area contributed by atoms with Crippen LogP contribution in [0, 0.1) is 0 Å². The van der Waals surface area contributed by atoms with Crippen molar-refractivity contribution < 1.29 is 9.53 Å². The van der Waals surface area contributed by atoms with E-state index in [0.29, 0.717) is 13.0 Å². The Bertz CT molecular complexity index is 784. The van der Waals surface area contributed by atoms with E-state index in [2.05, 4.69) is 42.3 Å². The van der Waals surface area contributed by atoms with E-state index >= 15 is 0 Å². The second kappa shape index (κ2) is 10.8. The normalized spacial score (nSPS) is 19.8. The van der Waals surface area contributed by atoms with Crippen LogP contribution in [0.4, 0.5) is 0 Å². The smallest absolute Gasteiger partial charge is 0.220 e. The molecule has 0 aromatic heterocycles. The van der Waals surface area contributed by atoms with Gasteiger partial charge >= 0.3 is 0 Å². The summed E-state index contributed by atoms with van der Waals surface area (Å²) in [6.07, 6.45) is 2.76. The molecule has 1 heterocycles. The number of nitrogens with zero attached hydrogens (tertiary/aromatic N) is 1. The first-order valence-corrected chi connectivity index (χ1v) is 10.8. The molecule has 1 aliphatic heterocycles. The Hall–Kier alpha value is -1.88. The summed E-state index contributed by atoms with van der Waals surface area (Å²) in [5.74, 6) is 0.0994. The van der Waals surface area contributed by atoms with Gasteiger partial charge in [0.15, 0.2) is 0 Å². The number of carbonyl (C=O) groups is 1. The van der Waals surface area contributed by atoms with Gasteiger partial charge in [0.2, 0.25) is 5.91 Å². The van der Waals surface area contributed by atoms with Gasteiger partial charge in [0, 0.05) is 37.6 Å². The largest absolute Gasteiger partial charge is 0.373 e. The molecular weight excluding hydrogens is 384 g/mol. The highest BCUT2D eigenvalue weighted by atomic mass is 35.5. The van der Waals surface area contributed by atoms with Crippen LogP contribution in [0.25, 0.3) is 0 Å². The lowest BCUT2D eigenvalue weighted by Gasteiger charge is -2.35. The molecule has 5 heteroatoms. The standard InChI is InChI=1S/C24H31ClN2O2/c1-18-15-27(16-19(2)29-18)17-22-8-4-3-7-21(22)14-26-24(28)9-5-6-20-10-12-23(25)13-11-20/h3-4,7-8,10-13,18-19H,5-6,9,14-17H2,1-2H3,(H,26,28). The number of ether oxygens (including phenoxy) is 1. The molecule has 2 atom stereocenters. The van der Waals surface area contributed by atoms with Crippen molar-refractivity contribution in [3.8, 4) is 0 Å². The summed E-state index contributed by atoms with van der Waals surface area (Å²) in [4.78, 5) is 14.7. The number of nitrogens with one attached hydrogen (secondary N) is 1. The number of hydrogen-bond acceptors (Lipinski definition) is 3. The van der Waals surface area contributed by atoms with Gasteiger partial charge in [-0.2, -0.15) is 0 Å². The highest BCUT2D eigenvalue weighted by Gasteiger charge is 2.22. The highest BCUT2D eigenvalue weighted by Crippen LogP contribution is 2.17. The van der Waals surface area contributed by atoms with Gasteiger partial charge in [0.25, 0.3) is 0 Å². The van der Waals surface area contributed by atoms with Gasteiger partial charge in [-0.25, -0.2) is 0 Å². The molecule has 0 aliphatic carbocycles. The molecule has 1 saturated heterocycles. The van der Waals surface area contributed by atoms with Crippen LogP contribution in [-0.4, -0.2) is 36.1 Å². The van der Waals surface area contributed by atoms with E-state index in [4.69, 9.17) is 16.3 Å². The zero-order valence-corrected chi connectivity index (χ0v) is 18.1. The second-order valence-corrected chi connectivity index (χ2v) is 8.41. The molecule has 29 heavy (non-hydrogen) atoms. The summed E-state index contributed by atoms with van der Waals surface area (Å²) in [6, 6.07) is 16.2. The minimum atomic E-state index is 0.0994. The molecule has 2 aromatic carbocycles. The molecule has 156 valence electrons. The zero-order valence-electron chi connectivity index (χ0n) is 17.4. The van der Waals surface area contributed by atoms with Crippen molar-refractivity contribution in [1.82, 2.24) is 10.2 Å². The molecule has 3 rings (SSSR count). The topological polar surface area (TPSA) is 41.6 Å². The summed E-state index contributed by atoms with van der Waals surface area (Å²) >= 11 is 5.91. The number of benzene rings is 2. The van der Waals surface area contributed by atoms with Crippen molar-refractivity contribution in [2.45, 2.75) is 58.4 Å². The van der Waals surface area contributed by atoms with Gasteiger partial charge in [-0.3, -0.25) is 9.69 Å². The Labute approximate surface area is 179 Å². The number of aryl methyl sites for hydroxylation is 1. The van der Waals surface area contributed by atoms with E-state index in [1.165, 1.54) is 16.7 Å². The lowest BCUT2D eigenvalue weighted by molar-refractivity contribution is -0.121. The number of morpholine rings is 1. The van der Waals surface area contributed by atoms with Crippen LogP contribution in [0.3, 0.4) is 0 Å². The van der Waals surface area contributed by atoms with Crippen molar-refractivity contribution in [1.29, 1.82) is 0 Å². The third-order valence-electron chi connectivity index (χ3n) is 5.27. The van der Waals surface area contributed by atoms with Crippen LogP contribution < -0.4 is 5.32 Å². The van der Waals surface area contributed by atoms with E-state index in [1.807, 2.05) is 30.3 Å². The fraction of sp³-hybridized carbons (Fsp3) is 0.458. The molecule has 2 aromatic rings. The average molecular weight is 415 g/mol. The monoisotopic (exact) mass is 414 g/mol. The Morgan fingerprint density at radius 1 is 1.07 bits per heavy atom. The van der Waals surface area contributed by atoms with Crippen LogP contribution in [-0.2, 0) is 29.0 Å². The van der Waals surface area contributed by atoms with E-state index in [0.717, 1.165) is 37.5 Å². The van der Waals surface area contributed by atoms with E-state index < -0.39 is 0 Å². The molecule has 0 radical (unpaired) electrons. The maximum atomic E-state index is 12.3. The maximum Gasteiger partial charge on any atom is 0.220 e. The van der Waals surface area contributed by atoms with E-state index in [-0.39, 0.29) is 18.1 Å². The summed E-state index contributed by atoms with van der Waals surface area (Å²) < 4.78 is 5.83. The Morgan fingerprint density at radius 2 is 1.72 bits per heavy atom. The third-order valence-corrected chi connectivity index (χ3v) is 5.52. The second-order valence-electron chi connectivity index (χ2n) is 7.98. The van der Waals surface area contributed by atoms with Gasteiger partial charge in [-0.1, -0.05) is 48.0 Å². The molecule has 0 saturated carbocycles. The lowest BCUT2D eigenvalue weighted by Crippen LogP contribution is -2.45. The molecule has 1 N–H and O–H groups in total. The van der Waals surface area contributed by atoms with Crippen LogP contribution in [0.15, 0.2) is 48.5 Å². The quantitative estimate of drug-likeness (QED) is 0.686. The average Bonchev–Trinajstić information content (AvgIpc) is 2.68. The Morgan fingerprint density at radius 3 is 2.41 bits per heavy atom. The molecule has 1 amide bonds. The van der Waals surface area contributed by atoms with Gasteiger partial charge in [-0.15, -0.1) is 0 Å². The summed E-state index contributed by atoms with van der Waals surface area (Å²) in [6.45, 7) is 7.59. The molecular formula is C24H31ClN2O2. The first-order valence-electron chi connectivity index (χ1n) is 10.5. The number of amides is 1. The maximum absolute atomic E-state index is 12.3. The van der Waals surface area contributed by atoms with Crippen molar-refractivity contribution in [2.75, 3.05) is 13.1 Å². The summed E-state index contributed by atoms with van der Waals surface area (Å²) in [5, 5.41) is 3.83. The first kappa shape index (κ1) is 21.8. The number of rotatable bonds is 8. The van der Waals surface area contributed by atoms with Crippen molar-refractivity contribution >= 4 is 17.5 Å². The van der Waals surface area contributed by atoms with E-state index in [9.17, 15) is 4.79 Å². The molecule has 0 spiro atoms. The molecule has 1 aliphatic rings. The predicted molar refractivity (Wildman–Crippen MR) is 118 cm³/mol. The van der Waals surface area contributed by atoms with Gasteiger partial charge in [0.1, 0.15) is 0 Å². The predicted octanol–water partition coefficient (Wildman–Crippen LogP) is 4.59. The van der Waals surface area contributed by atoms with Crippen LogP contribution in [0.5, 0.6) is 0 Å². The first-order chi connectivity index (χ1) is 14.0. The summed E-state index contributed by atoms with van der Waals surface area (Å²) in [5.41, 5.74) is 3.67. The lowest BCUT2D eigenvalue weighted by atomic mass is 10.1. The number of hydrogen-bond donors (Lipinski definition) is 1. The third kappa shape index (κ3) is 7.14. The van der Waals surface area contributed by atoms with Crippen LogP contribution in [0.2, 0.25) is 5.02 Å². The van der Waals surface area contributed by atoms with Crippen LogP contribution in [0.1, 0.15) is 43.4 Å². The van der Waals surface area contributed by atoms with Gasteiger partial charge < -0.3 is 10.1 Å². The fourth-order valence-corrected chi connectivity index (χ4v) is 4.05. The number of carbonyl (C=O) groups excluding carboxylic acids is 1. The van der Waals surface area contributed by atoms with Crippen LogP contribution >= 0.6 is 11.6 Å². The Balaban J connectivity index is 1.46. The minimum Gasteiger partial charge on any atom is -0.373 e. The zero-order chi connectivity index (χ0) is 20.6. The highest BCUT2D eigenvalue weighted by molar-refractivity contribution is 6.30. The molecule has 4 nitrogen and oxygen atoms in total. The minimum absolute atomic E-state index is 0.0994. The molecule has 1 fully saturated rings. The SMILES string of the molecule is CC1CN(Cc2ccccc2CNC(=O)CCCc2ccc(Cl)cc2)CC(C)O1. The number of halogens is 1. The molecule has 2 unspecified atom stereocenters. The van der Waals surface area contributed by atoms with Crippen molar-refractivity contribution in [3.05, 3.63) is 70.2 Å². The van der Waals surface area contributed by atoms with E-state index in [1.54, 1.807) is 0 Å².